The highest BCUT2D eigenvalue weighted by molar-refractivity contribution is 5.82. The zero-order valence-corrected chi connectivity index (χ0v) is 16.1. The Morgan fingerprint density at radius 2 is 1.96 bits per heavy atom. The van der Waals surface area contributed by atoms with Gasteiger partial charge in [0.05, 0.1) is 12.2 Å². The number of imidazole rings is 1. The number of hydrogen-bond donors (Lipinski definition) is 2. The van der Waals surface area contributed by atoms with Gasteiger partial charge in [-0.15, -0.1) is 0 Å². The highest BCUT2D eigenvalue weighted by Crippen LogP contribution is 2.33. The first-order valence-electron chi connectivity index (χ1n) is 10.5. The number of pyridine rings is 1. The molecule has 2 saturated heterocycles. The third-order valence-corrected chi connectivity index (χ3v) is 6.67. The Morgan fingerprint density at radius 3 is 2.79 bits per heavy atom. The summed E-state index contributed by atoms with van der Waals surface area (Å²) in [6.45, 7) is 2.38. The molecule has 2 aromatic rings. The first-order chi connectivity index (χ1) is 13.8. The van der Waals surface area contributed by atoms with Crippen molar-refractivity contribution in [2.45, 2.75) is 56.7 Å². The Labute approximate surface area is 165 Å². The molecule has 1 aliphatic carbocycles. The molecule has 7 heteroatoms. The van der Waals surface area contributed by atoms with Gasteiger partial charge in [-0.05, 0) is 37.8 Å². The maximum absolute atomic E-state index is 13.0. The molecule has 4 heterocycles. The summed E-state index contributed by atoms with van der Waals surface area (Å²) in [5.74, 6) is 2.26. The molecule has 0 spiro atoms. The van der Waals surface area contributed by atoms with E-state index < -0.39 is 0 Å². The molecular weight excluding hydrogens is 352 g/mol. The number of likely N-dealkylation sites (tertiary alicyclic amines) is 1. The van der Waals surface area contributed by atoms with E-state index in [0.717, 1.165) is 50.4 Å². The Balaban J connectivity index is 1.21. The number of nitrogens with zero attached hydrogens (tertiary/aromatic N) is 4. The van der Waals surface area contributed by atoms with E-state index in [-0.39, 0.29) is 11.9 Å². The van der Waals surface area contributed by atoms with Crippen LogP contribution in [0.4, 0.5) is 0 Å². The van der Waals surface area contributed by atoms with E-state index in [9.17, 15) is 4.79 Å². The van der Waals surface area contributed by atoms with Gasteiger partial charge in [-0.3, -0.25) is 15.2 Å². The summed E-state index contributed by atoms with van der Waals surface area (Å²) in [5, 5.41) is 0. The minimum atomic E-state index is -0.0461. The smallest absolute Gasteiger partial charge is 0.241 e. The van der Waals surface area contributed by atoms with E-state index in [1.165, 1.54) is 12.8 Å². The second kappa shape index (κ2) is 7.64. The van der Waals surface area contributed by atoms with Gasteiger partial charge in [-0.2, -0.15) is 0 Å². The van der Waals surface area contributed by atoms with Crippen LogP contribution in [-0.4, -0.2) is 50.5 Å². The van der Waals surface area contributed by atoms with Crippen LogP contribution in [0.25, 0.3) is 0 Å². The van der Waals surface area contributed by atoms with Crippen LogP contribution in [0.5, 0.6) is 0 Å². The number of rotatable bonds is 4. The number of carbonyl (C=O) groups excluding carboxylic acids is 1. The van der Waals surface area contributed by atoms with Crippen molar-refractivity contribution in [3.8, 4) is 0 Å². The Morgan fingerprint density at radius 1 is 1.07 bits per heavy atom. The van der Waals surface area contributed by atoms with Gasteiger partial charge in [0.1, 0.15) is 11.9 Å². The van der Waals surface area contributed by atoms with Gasteiger partial charge in [0.2, 0.25) is 5.91 Å². The molecule has 0 aromatic carbocycles. The van der Waals surface area contributed by atoms with E-state index in [2.05, 4.69) is 30.3 Å². The van der Waals surface area contributed by atoms with E-state index in [0.29, 0.717) is 17.9 Å². The zero-order valence-electron chi connectivity index (χ0n) is 16.1. The molecule has 2 aliphatic heterocycles. The lowest BCUT2D eigenvalue weighted by atomic mass is 9.92. The standard InChI is InChI=1S/C21H28N6O/c28-21(19-17-5-3-6-18(17)24-25-19)26-11-7-15(8-12-26)20-23-10-13-27(20)14-16-4-1-2-9-22-16/h1-2,4,9-10,13,15,17-19,24-25H,3,5-8,11-12,14H2. The van der Waals surface area contributed by atoms with Crippen molar-refractivity contribution in [2.24, 2.45) is 5.92 Å². The average Bonchev–Trinajstić information content (AvgIpc) is 3.46. The molecule has 7 nitrogen and oxygen atoms in total. The summed E-state index contributed by atoms with van der Waals surface area (Å²) in [4.78, 5) is 24.2. The van der Waals surface area contributed by atoms with Crippen LogP contribution < -0.4 is 10.9 Å². The third kappa shape index (κ3) is 3.33. The number of hydrazine groups is 1. The Hall–Kier alpha value is -2.25. The zero-order chi connectivity index (χ0) is 18.9. The fraction of sp³-hybridized carbons (Fsp3) is 0.571. The summed E-state index contributed by atoms with van der Waals surface area (Å²) in [6.07, 6.45) is 11.3. The van der Waals surface area contributed by atoms with Crippen LogP contribution in [0.15, 0.2) is 36.8 Å². The molecule has 28 heavy (non-hydrogen) atoms. The number of hydrogen-bond acceptors (Lipinski definition) is 5. The van der Waals surface area contributed by atoms with Crippen molar-refractivity contribution in [1.29, 1.82) is 0 Å². The van der Waals surface area contributed by atoms with Crippen molar-refractivity contribution >= 4 is 5.91 Å². The van der Waals surface area contributed by atoms with Gasteiger partial charge in [-0.25, -0.2) is 10.4 Å². The molecule has 2 N–H and O–H groups in total. The number of nitrogens with one attached hydrogen (secondary N) is 2. The summed E-state index contributed by atoms with van der Waals surface area (Å²) < 4.78 is 2.20. The number of aromatic nitrogens is 3. The fourth-order valence-electron chi connectivity index (χ4n) is 5.15. The predicted octanol–water partition coefficient (Wildman–Crippen LogP) is 1.68. The van der Waals surface area contributed by atoms with Crippen LogP contribution in [0.2, 0.25) is 0 Å². The number of fused-ring (bicyclic) bond motifs is 1. The Kier molecular flexibility index (Phi) is 4.86. The number of carbonyl (C=O) groups is 1. The Bertz CT molecular complexity index is 813. The van der Waals surface area contributed by atoms with Crippen molar-refractivity contribution in [1.82, 2.24) is 30.3 Å². The van der Waals surface area contributed by atoms with Crippen molar-refractivity contribution in [2.75, 3.05) is 13.1 Å². The summed E-state index contributed by atoms with van der Waals surface area (Å²) in [6, 6.07) is 6.43. The SMILES string of the molecule is O=C(C1NNC2CCCC21)N1CCC(c2nccn2Cc2ccccn2)CC1. The normalized spacial score (nSPS) is 27.9. The maximum Gasteiger partial charge on any atom is 0.241 e. The second-order valence-electron chi connectivity index (χ2n) is 8.30. The summed E-state index contributed by atoms with van der Waals surface area (Å²) in [5.41, 5.74) is 7.64. The lowest BCUT2D eigenvalue weighted by Gasteiger charge is -2.34. The monoisotopic (exact) mass is 380 g/mol. The number of piperidine rings is 1. The van der Waals surface area contributed by atoms with Gasteiger partial charge >= 0.3 is 0 Å². The molecule has 3 fully saturated rings. The molecule has 1 saturated carbocycles. The van der Waals surface area contributed by atoms with Gasteiger partial charge < -0.3 is 9.47 Å². The predicted molar refractivity (Wildman–Crippen MR) is 105 cm³/mol. The van der Waals surface area contributed by atoms with E-state index in [4.69, 9.17) is 0 Å². The molecule has 3 unspecified atom stereocenters. The summed E-state index contributed by atoms with van der Waals surface area (Å²) in [7, 11) is 0. The van der Waals surface area contributed by atoms with Gasteiger partial charge in [-0.1, -0.05) is 12.5 Å². The molecule has 148 valence electrons. The van der Waals surface area contributed by atoms with E-state index >= 15 is 0 Å². The van der Waals surface area contributed by atoms with Crippen molar-refractivity contribution < 1.29 is 4.79 Å². The quantitative estimate of drug-likeness (QED) is 0.844. The van der Waals surface area contributed by atoms with E-state index in [1.807, 2.05) is 36.8 Å². The molecule has 0 radical (unpaired) electrons. The van der Waals surface area contributed by atoms with Crippen LogP contribution >= 0.6 is 0 Å². The van der Waals surface area contributed by atoms with Gasteiger partial charge in [0, 0.05) is 49.6 Å². The first kappa shape index (κ1) is 17.8. The fourth-order valence-corrected chi connectivity index (χ4v) is 5.15. The average molecular weight is 380 g/mol. The topological polar surface area (TPSA) is 75.1 Å². The molecule has 5 rings (SSSR count). The molecule has 0 bridgehead atoms. The van der Waals surface area contributed by atoms with Crippen LogP contribution in [0, 0.1) is 5.92 Å². The number of amides is 1. The van der Waals surface area contributed by atoms with Crippen molar-refractivity contribution in [3.05, 3.63) is 48.3 Å². The maximum atomic E-state index is 13.0. The van der Waals surface area contributed by atoms with Gasteiger partial charge in [0.15, 0.2) is 0 Å². The van der Waals surface area contributed by atoms with E-state index in [1.54, 1.807) is 0 Å². The highest BCUT2D eigenvalue weighted by Gasteiger charge is 2.44. The molecular formula is C21H28N6O. The minimum Gasteiger partial charge on any atom is -0.341 e. The minimum absolute atomic E-state index is 0.0461. The van der Waals surface area contributed by atoms with Crippen LogP contribution in [-0.2, 0) is 11.3 Å². The molecule has 1 amide bonds. The second-order valence-corrected chi connectivity index (χ2v) is 8.30. The highest BCUT2D eigenvalue weighted by atomic mass is 16.2. The van der Waals surface area contributed by atoms with Crippen LogP contribution in [0.1, 0.15) is 49.5 Å². The lowest BCUT2D eigenvalue weighted by Crippen LogP contribution is -2.50. The first-order valence-corrected chi connectivity index (χ1v) is 10.5. The molecule has 3 aliphatic rings. The van der Waals surface area contributed by atoms with Gasteiger partial charge in [0.25, 0.3) is 0 Å². The largest absolute Gasteiger partial charge is 0.341 e. The third-order valence-electron chi connectivity index (χ3n) is 6.67. The molecule has 3 atom stereocenters. The van der Waals surface area contributed by atoms with Crippen LogP contribution in [0.3, 0.4) is 0 Å². The van der Waals surface area contributed by atoms with Crippen molar-refractivity contribution in [3.63, 3.8) is 0 Å². The summed E-state index contributed by atoms with van der Waals surface area (Å²) >= 11 is 0. The lowest BCUT2D eigenvalue weighted by molar-refractivity contribution is -0.135. The molecule has 2 aromatic heterocycles.